The second-order valence-corrected chi connectivity index (χ2v) is 6.60. The number of hydrogen-bond donors (Lipinski definition) is 5. The molecule has 3 atom stereocenters. The molecule has 4 amide bonds. The summed E-state index contributed by atoms with van der Waals surface area (Å²) in [5, 5.41) is 22.5. The van der Waals surface area contributed by atoms with Gasteiger partial charge in [0.15, 0.2) is 0 Å². The topological polar surface area (TPSA) is 152 Å². The maximum absolute atomic E-state index is 12.6. The fourth-order valence-electron chi connectivity index (χ4n) is 3.05. The number of rotatable bonds is 9. The molecule has 154 valence electrons. The Kier molecular flexibility index (Phi) is 8.12. The first-order valence-corrected chi connectivity index (χ1v) is 9.18. The molecule has 1 fully saturated rings. The molecule has 3 unspecified atom stereocenters. The molecule has 2 rings (SSSR count). The zero-order chi connectivity index (χ0) is 21.2. The van der Waals surface area contributed by atoms with Gasteiger partial charge in [0.05, 0.1) is 24.2 Å². The molecule has 0 radical (unpaired) electrons. The van der Waals surface area contributed by atoms with E-state index in [1.165, 1.54) is 7.05 Å². The van der Waals surface area contributed by atoms with Crippen LogP contribution in [0.3, 0.4) is 0 Å². The average molecular weight is 400 g/mol. The van der Waals surface area contributed by atoms with Crippen molar-refractivity contribution < 1.29 is 19.2 Å². The van der Waals surface area contributed by atoms with Crippen LogP contribution < -0.4 is 26.6 Å². The quantitative estimate of drug-likeness (QED) is 0.300. The monoisotopic (exact) mass is 400 g/mol. The molecule has 1 aromatic rings. The van der Waals surface area contributed by atoms with Crippen molar-refractivity contribution in [3.8, 4) is 6.07 Å². The Hall–Kier alpha value is -3.45. The normalized spacial score (nSPS) is 18.8. The Morgan fingerprint density at radius 1 is 1.34 bits per heavy atom. The van der Waals surface area contributed by atoms with E-state index < -0.39 is 23.9 Å². The van der Waals surface area contributed by atoms with Gasteiger partial charge in [0.25, 0.3) is 0 Å². The van der Waals surface area contributed by atoms with Gasteiger partial charge in [-0.05, 0) is 18.1 Å². The van der Waals surface area contributed by atoms with Crippen LogP contribution in [0.1, 0.15) is 17.5 Å². The molecule has 10 nitrogen and oxygen atoms in total. The third-order valence-electron chi connectivity index (χ3n) is 4.65. The summed E-state index contributed by atoms with van der Waals surface area (Å²) in [5.74, 6) is -1.30. The third kappa shape index (κ3) is 6.29. The third-order valence-corrected chi connectivity index (χ3v) is 4.65. The molecule has 1 aliphatic rings. The molecule has 10 heteroatoms. The largest absolute Gasteiger partial charge is 0.358 e. The first-order chi connectivity index (χ1) is 14.0. The number of nitriles is 1. The van der Waals surface area contributed by atoms with Crippen molar-refractivity contribution in [2.24, 2.45) is 0 Å². The SMILES string of the molecule is CNC(=O)CNC(=O)C(Cc1ccccc1C#N)NC(=O)C1CC(NC=O)CN1. The van der Waals surface area contributed by atoms with Crippen molar-refractivity contribution in [1.82, 2.24) is 26.6 Å². The van der Waals surface area contributed by atoms with Crippen molar-refractivity contribution in [2.75, 3.05) is 20.1 Å². The van der Waals surface area contributed by atoms with Crippen molar-refractivity contribution in [3.05, 3.63) is 35.4 Å². The van der Waals surface area contributed by atoms with E-state index in [0.717, 1.165) is 0 Å². The number of carbonyl (C=O) groups is 4. The van der Waals surface area contributed by atoms with Crippen LogP contribution >= 0.6 is 0 Å². The minimum atomic E-state index is -0.971. The van der Waals surface area contributed by atoms with E-state index in [1.807, 2.05) is 0 Å². The number of benzene rings is 1. The smallest absolute Gasteiger partial charge is 0.243 e. The Morgan fingerprint density at radius 2 is 2.10 bits per heavy atom. The molecule has 5 N–H and O–H groups in total. The molecule has 1 aliphatic heterocycles. The summed E-state index contributed by atoms with van der Waals surface area (Å²) in [6, 6.07) is 7.16. The first kappa shape index (κ1) is 21.8. The molecule has 1 heterocycles. The van der Waals surface area contributed by atoms with E-state index >= 15 is 0 Å². The van der Waals surface area contributed by atoms with Crippen molar-refractivity contribution in [3.63, 3.8) is 0 Å². The van der Waals surface area contributed by atoms with Gasteiger partial charge in [0, 0.05) is 26.1 Å². The highest BCUT2D eigenvalue weighted by molar-refractivity contribution is 5.92. The van der Waals surface area contributed by atoms with Gasteiger partial charge in [-0.15, -0.1) is 0 Å². The van der Waals surface area contributed by atoms with E-state index in [-0.39, 0.29) is 24.9 Å². The Morgan fingerprint density at radius 3 is 2.79 bits per heavy atom. The molecule has 0 saturated carbocycles. The van der Waals surface area contributed by atoms with Crippen LogP contribution in [0.4, 0.5) is 0 Å². The summed E-state index contributed by atoms with van der Waals surface area (Å²) in [7, 11) is 1.45. The van der Waals surface area contributed by atoms with Crippen LogP contribution in [0.5, 0.6) is 0 Å². The van der Waals surface area contributed by atoms with Gasteiger partial charge >= 0.3 is 0 Å². The molecule has 1 saturated heterocycles. The minimum Gasteiger partial charge on any atom is -0.358 e. The lowest BCUT2D eigenvalue weighted by Gasteiger charge is -2.21. The van der Waals surface area contributed by atoms with Crippen molar-refractivity contribution in [2.45, 2.75) is 31.0 Å². The summed E-state index contributed by atoms with van der Waals surface area (Å²) < 4.78 is 0. The Labute approximate surface area is 168 Å². The van der Waals surface area contributed by atoms with E-state index in [2.05, 4.69) is 32.7 Å². The van der Waals surface area contributed by atoms with Gasteiger partial charge in [0.1, 0.15) is 6.04 Å². The number of amides is 4. The van der Waals surface area contributed by atoms with Gasteiger partial charge in [-0.2, -0.15) is 5.26 Å². The van der Waals surface area contributed by atoms with E-state index in [4.69, 9.17) is 0 Å². The molecule has 0 spiro atoms. The molecular weight excluding hydrogens is 376 g/mol. The fourth-order valence-corrected chi connectivity index (χ4v) is 3.05. The zero-order valence-corrected chi connectivity index (χ0v) is 16.0. The minimum absolute atomic E-state index is 0.0950. The van der Waals surface area contributed by atoms with Gasteiger partial charge < -0.3 is 26.6 Å². The van der Waals surface area contributed by atoms with Gasteiger partial charge in [0.2, 0.25) is 24.1 Å². The van der Waals surface area contributed by atoms with E-state index in [9.17, 15) is 24.4 Å². The number of nitrogens with one attached hydrogen (secondary N) is 5. The standard InChI is InChI=1S/C19H24N6O4/c1-21-17(27)10-23-18(28)16(6-12-4-2-3-5-13(12)8-20)25-19(29)15-7-14(9-22-15)24-11-26/h2-5,11,14-16,22H,6-7,9-10H2,1H3,(H,21,27)(H,23,28)(H,24,26)(H,25,29). The van der Waals surface area contributed by atoms with Crippen molar-refractivity contribution in [1.29, 1.82) is 5.26 Å². The zero-order valence-electron chi connectivity index (χ0n) is 16.0. The number of carbonyl (C=O) groups excluding carboxylic acids is 4. The number of hydrogen-bond acceptors (Lipinski definition) is 6. The maximum Gasteiger partial charge on any atom is 0.243 e. The van der Waals surface area contributed by atoms with Gasteiger partial charge in [-0.3, -0.25) is 19.2 Å². The van der Waals surface area contributed by atoms with Crippen LogP contribution in [0.15, 0.2) is 24.3 Å². The predicted octanol–water partition coefficient (Wildman–Crippen LogP) is -2.08. The van der Waals surface area contributed by atoms with Crippen LogP contribution in [-0.4, -0.2) is 62.4 Å². The molecule has 29 heavy (non-hydrogen) atoms. The lowest BCUT2D eigenvalue weighted by atomic mass is 10.00. The van der Waals surface area contributed by atoms with Crippen LogP contribution in [0.25, 0.3) is 0 Å². The first-order valence-electron chi connectivity index (χ1n) is 9.18. The highest BCUT2D eigenvalue weighted by Gasteiger charge is 2.32. The number of likely N-dealkylation sites (N-methyl/N-ethyl adjacent to an activating group) is 1. The maximum atomic E-state index is 12.6. The second kappa shape index (κ2) is 10.8. The fraction of sp³-hybridized carbons (Fsp3) is 0.421. The highest BCUT2D eigenvalue weighted by Crippen LogP contribution is 2.12. The Bertz CT molecular complexity index is 806. The number of nitrogens with zero attached hydrogens (tertiary/aromatic N) is 1. The lowest BCUT2D eigenvalue weighted by molar-refractivity contribution is -0.130. The highest BCUT2D eigenvalue weighted by atomic mass is 16.2. The summed E-state index contributed by atoms with van der Waals surface area (Å²) in [6.45, 7) is 0.218. The molecule has 0 bridgehead atoms. The van der Waals surface area contributed by atoms with Crippen LogP contribution in [0, 0.1) is 11.3 Å². The van der Waals surface area contributed by atoms with Crippen LogP contribution in [0.2, 0.25) is 0 Å². The molecular formula is C19H24N6O4. The summed E-state index contributed by atoms with van der Waals surface area (Å²) >= 11 is 0. The lowest BCUT2D eigenvalue weighted by Crippen LogP contribution is -2.53. The molecule has 1 aromatic carbocycles. The van der Waals surface area contributed by atoms with E-state index in [1.54, 1.807) is 24.3 Å². The van der Waals surface area contributed by atoms with Gasteiger partial charge in [-0.1, -0.05) is 18.2 Å². The second-order valence-electron chi connectivity index (χ2n) is 6.60. The van der Waals surface area contributed by atoms with Gasteiger partial charge in [-0.25, -0.2) is 0 Å². The van der Waals surface area contributed by atoms with E-state index in [0.29, 0.717) is 30.5 Å². The summed E-state index contributed by atoms with van der Waals surface area (Å²) in [4.78, 5) is 47.2. The Balaban J connectivity index is 2.10. The summed E-state index contributed by atoms with van der Waals surface area (Å²) in [5.41, 5.74) is 1.01. The van der Waals surface area contributed by atoms with Crippen LogP contribution in [-0.2, 0) is 25.6 Å². The predicted molar refractivity (Wildman–Crippen MR) is 103 cm³/mol. The molecule has 0 aliphatic carbocycles. The molecule has 0 aromatic heterocycles. The summed E-state index contributed by atoms with van der Waals surface area (Å²) in [6.07, 6.45) is 1.07. The van der Waals surface area contributed by atoms with Crippen molar-refractivity contribution >= 4 is 24.1 Å². The average Bonchev–Trinajstić information content (AvgIpc) is 3.20.